The molecule has 0 saturated heterocycles. The van der Waals surface area contributed by atoms with Crippen LogP contribution in [-0.4, -0.2) is 29.5 Å². The second-order valence-corrected chi connectivity index (χ2v) is 9.01. The van der Waals surface area contributed by atoms with E-state index in [0.29, 0.717) is 5.01 Å². The summed E-state index contributed by atoms with van der Waals surface area (Å²) in [4.78, 5) is 26.4. The van der Waals surface area contributed by atoms with Crippen molar-refractivity contribution >= 4 is 43.0 Å². The van der Waals surface area contributed by atoms with E-state index in [1.54, 1.807) is 0 Å². The highest BCUT2D eigenvalue weighted by atomic mass is 32.2. The van der Waals surface area contributed by atoms with Gasteiger partial charge in [-0.25, -0.2) is 13.4 Å². The molecule has 0 fully saturated rings. The summed E-state index contributed by atoms with van der Waals surface area (Å²) in [6, 6.07) is 11.8. The summed E-state index contributed by atoms with van der Waals surface area (Å²) in [6.07, 6.45) is 0. The van der Waals surface area contributed by atoms with Gasteiger partial charge in [-0.1, -0.05) is 12.1 Å². The van der Waals surface area contributed by atoms with Crippen LogP contribution in [0.5, 0.6) is 0 Å². The number of nitro benzene ring substituents is 1. The van der Waals surface area contributed by atoms with Gasteiger partial charge in [0.05, 0.1) is 20.0 Å². The van der Waals surface area contributed by atoms with Crippen LogP contribution in [-0.2, 0) is 26.0 Å². The summed E-state index contributed by atoms with van der Waals surface area (Å²) in [7, 11) is -4.02. The predicted molar refractivity (Wildman–Crippen MR) is 99.2 cm³/mol. The van der Waals surface area contributed by atoms with Crippen molar-refractivity contribution in [3.8, 4) is 0 Å². The first-order chi connectivity index (χ1) is 12.8. The third kappa shape index (κ3) is 3.96. The number of non-ortho nitro benzene ring substituents is 1. The minimum Gasteiger partial charge on any atom is -0.457 e. The van der Waals surface area contributed by atoms with Crippen molar-refractivity contribution < 1.29 is 22.9 Å². The Balaban J connectivity index is 1.70. The standard InChI is InChI=1S/C17H14N2O6S2/c1-11(27(23,24)13-8-6-12(7-9-13)19(21)22)17(20)25-10-16-18-14-4-2-3-5-15(14)26-16/h2-9,11H,10H2,1H3/t11-/m0/s1. The van der Waals surface area contributed by atoms with E-state index in [1.807, 2.05) is 24.3 Å². The molecule has 1 heterocycles. The lowest BCUT2D eigenvalue weighted by Crippen LogP contribution is -2.29. The second-order valence-electron chi connectivity index (χ2n) is 5.62. The number of thiazole rings is 1. The minimum atomic E-state index is -4.02. The molecule has 0 aliphatic rings. The molecule has 0 saturated carbocycles. The zero-order valence-corrected chi connectivity index (χ0v) is 15.7. The molecule has 0 spiro atoms. The van der Waals surface area contributed by atoms with Crippen molar-refractivity contribution in [1.82, 2.24) is 4.98 Å². The van der Waals surface area contributed by atoms with Gasteiger partial charge in [0.1, 0.15) is 11.6 Å². The molecule has 1 aromatic heterocycles. The van der Waals surface area contributed by atoms with Crippen LogP contribution in [0.15, 0.2) is 53.4 Å². The summed E-state index contributed by atoms with van der Waals surface area (Å²) in [5.74, 6) is -0.910. The van der Waals surface area contributed by atoms with Gasteiger partial charge < -0.3 is 4.74 Å². The first kappa shape index (κ1) is 18.9. The van der Waals surface area contributed by atoms with E-state index < -0.39 is 26.0 Å². The van der Waals surface area contributed by atoms with E-state index in [-0.39, 0.29) is 17.2 Å². The van der Waals surface area contributed by atoms with Gasteiger partial charge in [-0.2, -0.15) is 0 Å². The van der Waals surface area contributed by atoms with Crippen LogP contribution in [0.4, 0.5) is 5.69 Å². The number of nitro groups is 1. The molecular weight excluding hydrogens is 392 g/mol. The predicted octanol–water partition coefficient (Wildman–Crippen LogP) is 3.11. The largest absolute Gasteiger partial charge is 0.457 e. The van der Waals surface area contributed by atoms with Crippen molar-refractivity contribution in [2.75, 3.05) is 0 Å². The Morgan fingerprint density at radius 3 is 2.52 bits per heavy atom. The fourth-order valence-electron chi connectivity index (χ4n) is 2.32. The fraction of sp³-hybridized carbons (Fsp3) is 0.176. The van der Waals surface area contributed by atoms with Gasteiger partial charge in [0.15, 0.2) is 15.1 Å². The Kier molecular flexibility index (Phi) is 5.19. The number of rotatable bonds is 6. The molecule has 0 bridgehead atoms. The minimum absolute atomic E-state index is 0.127. The Labute approximate surface area is 158 Å². The lowest BCUT2D eigenvalue weighted by molar-refractivity contribution is -0.384. The molecule has 140 valence electrons. The van der Waals surface area contributed by atoms with Gasteiger partial charge in [0, 0.05) is 12.1 Å². The fourth-order valence-corrected chi connectivity index (χ4v) is 4.45. The van der Waals surface area contributed by atoms with Crippen LogP contribution in [0.3, 0.4) is 0 Å². The van der Waals surface area contributed by atoms with Crippen molar-refractivity contribution in [3.05, 3.63) is 63.7 Å². The van der Waals surface area contributed by atoms with E-state index >= 15 is 0 Å². The molecule has 3 aromatic rings. The summed E-state index contributed by atoms with van der Waals surface area (Å²) >= 11 is 1.36. The van der Waals surface area contributed by atoms with Crippen molar-refractivity contribution in [2.45, 2.75) is 23.7 Å². The van der Waals surface area contributed by atoms with E-state index in [2.05, 4.69) is 4.98 Å². The highest BCUT2D eigenvalue weighted by molar-refractivity contribution is 7.92. The molecule has 0 aliphatic heterocycles. The van der Waals surface area contributed by atoms with Crippen LogP contribution in [0.1, 0.15) is 11.9 Å². The Hall–Kier alpha value is -2.85. The molecule has 0 N–H and O–H groups in total. The summed E-state index contributed by atoms with van der Waals surface area (Å²) in [6.45, 7) is 1.09. The number of nitrogens with zero attached hydrogens (tertiary/aromatic N) is 2. The first-order valence-corrected chi connectivity index (χ1v) is 10.1. The maximum atomic E-state index is 12.5. The maximum Gasteiger partial charge on any atom is 0.324 e. The van der Waals surface area contributed by atoms with E-state index in [0.717, 1.165) is 34.5 Å². The zero-order chi connectivity index (χ0) is 19.6. The van der Waals surface area contributed by atoms with Crippen LogP contribution in [0.2, 0.25) is 0 Å². The monoisotopic (exact) mass is 406 g/mol. The smallest absolute Gasteiger partial charge is 0.324 e. The number of esters is 1. The van der Waals surface area contributed by atoms with E-state index in [9.17, 15) is 23.3 Å². The van der Waals surface area contributed by atoms with Gasteiger partial charge in [0.25, 0.3) is 5.69 Å². The number of benzene rings is 2. The highest BCUT2D eigenvalue weighted by Gasteiger charge is 2.31. The number of hydrogen-bond donors (Lipinski definition) is 0. The molecule has 10 heteroatoms. The number of para-hydroxylation sites is 1. The van der Waals surface area contributed by atoms with E-state index in [4.69, 9.17) is 4.74 Å². The molecule has 8 nitrogen and oxygen atoms in total. The first-order valence-electron chi connectivity index (χ1n) is 7.78. The topological polar surface area (TPSA) is 116 Å². The molecule has 1 atom stereocenters. The van der Waals surface area contributed by atoms with Gasteiger partial charge in [-0.15, -0.1) is 11.3 Å². The van der Waals surface area contributed by atoms with E-state index in [1.165, 1.54) is 18.3 Å². The van der Waals surface area contributed by atoms with Gasteiger partial charge in [-0.3, -0.25) is 14.9 Å². The number of carbonyl (C=O) groups is 1. The molecule has 27 heavy (non-hydrogen) atoms. The molecule has 2 aromatic carbocycles. The Morgan fingerprint density at radius 1 is 1.22 bits per heavy atom. The molecule has 0 unspecified atom stereocenters. The molecule has 0 radical (unpaired) electrons. The highest BCUT2D eigenvalue weighted by Crippen LogP contribution is 2.23. The molecule has 0 amide bonds. The number of fused-ring (bicyclic) bond motifs is 1. The molecular formula is C17H14N2O6S2. The number of ether oxygens (including phenoxy) is 1. The van der Waals surface area contributed by atoms with Crippen molar-refractivity contribution in [3.63, 3.8) is 0 Å². The van der Waals surface area contributed by atoms with Crippen LogP contribution >= 0.6 is 11.3 Å². The molecule has 0 aliphatic carbocycles. The van der Waals surface area contributed by atoms with Gasteiger partial charge in [-0.05, 0) is 31.2 Å². The van der Waals surface area contributed by atoms with Gasteiger partial charge in [0.2, 0.25) is 0 Å². The normalized spacial score (nSPS) is 12.6. The maximum absolute atomic E-state index is 12.5. The third-order valence-corrected chi connectivity index (χ3v) is 6.91. The number of sulfone groups is 1. The van der Waals surface area contributed by atoms with Crippen LogP contribution < -0.4 is 0 Å². The lowest BCUT2D eigenvalue weighted by atomic mass is 10.3. The second kappa shape index (κ2) is 7.41. The van der Waals surface area contributed by atoms with Gasteiger partial charge >= 0.3 is 5.97 Å². The summed E-state index contributed by atoms with van der Waals surface area (Å²) < 4.78 is 31.1. The average Bonchev–Trinajstić information content (AvgIpc) is 3.08. The Bertz CT molecular complexity index is 1070. The zero-order valence-electron chi connectivity index (χ0n) is 14.1. The SMILES string of the molecule is C[C@@H](C(=O)OCc1nc2ccccc2s1)S(=O)(=O)c1ccc([N+](=O)[O-])cc1. The quantitative estimate of drug-likeness (QED) is 0.351. The van der Waals surface area contributed by atoms with Crippen LogP contribution in [0.25, 0.3) is 10.2 Å². The Morgan fingerprint density at radius 2 is 1.89 bits per heavy atom. The summed E-state index contributed by atoms with van der Waals surface area (Å²) in [5, 5.41) is 9.77. The molecule has 3 rings (SSSR count). The number of carbonyl (C=O) groups excluding carboxylic acids is 1. The van der Waals surface area contributed by atoms with Crippen molar-refractivity contribution in [1.29, 1.82) is 0 Å². The third-order valence-electron chi connectivity index (χ3n) is 3.85. The summed E-state index contributed by atoms with van der Waals surface area (Å²) in [5.41, 5.74) is 0.542. The van der Waals surface area contributed by atoms with Crippen molar-refractivity contribution in [2.24, 2.45) is 0 Å². The number of aromatic nitrogens is 1. The number of hydrogen-bond acceptors (Lipinski definition) is 8. The lowest BCUT2D eigenvalue weighted by Gasteiger charge is -2.12. The average molecular weight is 406 g/mol. The van der Waals surface area contributed by atoms with Crippen LogP contribution in [0, 0.1) is 10.1 Å².